The van der Waals surface area contributed by atoms with Crippen LogP contribution in [0.4, 0.5) is 0 Å². The van der Waals surface area contributed by atoms with Gasteiger partial charge in [0.15, 0.2) is 0 Å². The van der Waals surface area contributed by atoms with Gasteiger partial charge in [-0.25, -0.2) is 4.98 Å². The molecule has 7 nitrogen and oxygen atoms in total. The van der Waals surface area contributed by atoms with Gasteiger partial charge in [-0.3, -0.25) is 14.2 Å². The van der Waals surface area contributed by atoms with Crippen LogP contribution in [-0.2, 0) is 17.8 Å². The fourth-order valence-corrected chi connectivity index (χ4v) is 2.32. The van der Waals surface area contributed by atoms with Crippen LogP contribution >= 0.6 is 0 Å². The number of nitrogens with zero attached hydrogens (tertiary/aromatic N) is 2. The lowest BCUT2D eigenvalue weighted by Gasteiger charge is -2.09. The molecule has 0 atom stereocenters. The smallest absolute Gasteiger partial charge is 0.253 e. The molecule has 0 radical (unpaired) electrons. The van der Waals surface area contributed by atoms with Crippen molar-refractivity contribution in [3.05, 3.63) is 52.7 Å². The molecular weight excluding hydrogens is 334 g/mol. The first-order valence-corrected chi connectivity index (χ1v) is 8.71. The zero-order chi connectivity index (χ0) is 18.8. The minimum Gasteiger partial charge on any atom is -0.497 e. The van der Waals surface area contributed by atoms with Crippen LogP contribution in [0.25, 0.3) is 0 Å². The highest BCUT2D eigenvalue weighted by atomic mass is 16.5. The van der Waals surface area contributed by atoms with Gasteiger partial charge < -0.3 is 14.8 Å². The number of methoxy groups -OCH3 is 1. The first-order valence-electron chi connectivity index (χ1n) is 8.71. The number of ether oxygens (including phenoxy) is 2. The van der Waals surface area contributed by atoms with E-state index < -0.39 is 0 Å². The normalized spacial score (nSPS) is 10.4. The van der Waals surface area contributed by atoms with E-state index in [0.717, 1.165) is 30.7 Å². The molecule has 26 heavy (non-hydrogen) atoms. The second-order valence-corrected chi connectivity index (χ2v) is 5.82. The fraction of sp³-hybridized carbons (Fsp3) is 0.421. The lowest BCUT2D eigenvalue weighted by Crippen LogP contribution is -2.34. The number of aromatic nitrogens is 2. The first-order chi connectivity index (χ1) is 12.6. The Morgan fingerprint density at radius 1 is 1.23 bits per heavy atom. The van der Waals surface area contributed by atoms with E-state index in [2.05, 4.69) is 17.2 Å². The zero-order valence-electron chi connectivity index (χ0n) is 15.2. The molecule has 0 saturated heterocycles. The van der Waals surface area contributed by atoms with Crippen LogP contribution in [0.2, 0.25) is 0 Å². The van der Waals surface area contributed by atoms with Crippen LogP contribution in [0.1, 0.15) is 25.5 Å². The van der Waals surface area contributed by atoms with Gasteiger partial charge in [0.1, 0.15) is 24.7 Å². The minimum absolute atomic E-state index is 0.0531. The first kappa shape index (κ1) is 19.5. The molecule has 140 valence electrons. The van der Waals surface area contributed by atoms with E-state index in [-0.39, 0.29) is 18.0 Å². The average Bonchev–Trinajstić information content (AvgIpc) is 2.66. The van der Waals surface area contributed by atoms with Crippen molar-refractivity contribution in [2.75, 3.05) is 20.3 Å². The number of rotatable bonds is 10. The summed E-state index contributed by atoms with van der Waals surface area (Å²) in [5.74, 6) is 1.20. The number of carbonyl (C=O) groups is 1. The summed E-state index contributed by atoms with van der Waals surface area (Å²) >= 11 is 0. The van der Waals surface area contributed by atoms with Crippen molar-refractivity contribution in [1.82, 2.24) is 14.9 Å². The van der Waals surface area contributed by atoms with Gasteiger partial charge in [0.25, 0.3) is 5.56 Å². The summed E-state index contributed by atoms with van der Waals surface area (Å²) in [7, 11) is 1.60. The molecule has 0 bridgehead atoms. The quantitative estimate of drug-likeness (QED) is 0.654. The molecule has 0 unspecified atom stereocenters. The Labute approximate surface area is 153 Å². The monoisotopic (exact) mass is 359 g/mol. The van der Waals surface area contributed by atoms with Crippen molar-refractivity contribution < 1.29 is 14.3 Å². The van der Waals surface area contributed by atoms with Crippen molar-refractivity contribution in [1.29, 1.82) is 0 Å². The van der Waals surface area contributed by atoms with Gasteiger partial charge in [-0.15, -0.1) is 0 Å². The van der Waals surface area contributed by atoms with Crippen molar-refractivity contribution in [3.8, 4) is 11.5 Å². The molecule has 0 aliphatic carbocycles. The minimum atomic E-state index is -0.256. The fourth-order valence-electron chi connectivity index (χ4n) is 2.32. The Bertz CT molecular complexity index is 756. The predicted octanol–water partition coefficient (Wildman–Crippen LogP) is 1.79. The molecule has 7 heteroatoms. The highest BCUT2D eigenvalue weighted by molar-refractivity contribution is 5.75. The number of nitrogens with one attached hydrogen (secondary N) is 1. The SMILES string of the molecule is CCCCc1cc(=O)n(CC(=O)NCCOc2ccc(OC)cc2)cn1. The lowest BCUT2D eigenvalue weighted by molar-refractivity contribution is -0.121. The number of carbonyl (C=O) groups excluding carboxylic acids is 1. The zero-order valence-corrected chi connectivity index (χ0v) is 15.2. The van der Waals surface area contributed by atoms with Gasteiger partial charge in [-0.2, -0.15) is 0 Å². The third kappa shape index (κ3) is 6.23. The van der Waals surface area contributed by atoms with Crippen LogP contribution in [-0.4, -0.2) is 35.7 Å². The largest absolute Gasteiger partial charge is 0.497 e. The molecular formula is C19H25N3O4. The van der Waals surface area contributed by atoms with Gasteiger partial charge in [0.2, 0.25) is 5.91 Å². The molecule has 2 aromatic rings. The second kappa shape index (κ2) is 10.2. The summed E-state index contributed by atoms with van der Waals surface area (Å²) < 4.78 is 11.9. The Kier molecular flexibility index (Phi) is 7.67. The molecule has 0 aliphatic rings. The molecule has 2 rings (SSSR count). The number of unbranched alkanes of at least 4 members (excludes halogenated alkanes) is 1. The summed E-state index contributed by atoms with van der Waals surface area (Å²) in [6.07, 6.45) is 4.25. The standard InChI is InChI=1S/C19H25N3O4/c1-3-4-5-15-12-19(24)22(14-21-15)13-18(23)20-10-11-26-17-8-6-16(25-2)7-9-17/h6-9,12,14H,3-5,10-11,13H2,1-2H3,(H,20,23). The Hall–Kier alpha value is -2.83. The van der Waals surface area contributed by atoms with Crippen LogP contribution < -0.4 is 20.3 Å². The summed E-state index contributed by atoms with van der Waals surface area (Å²) in [5, 5.41) is 2.72. The topological polar surface area (TPSA) is 82.5 Å². The van der Waals surface area contributed by atoms with E-state index in [9.17, 15) is 9.59 Å². The van der Waals surface area contributed by atoms with Crippen molar-refractivity contribution >= 4 is 5.91 Å². The van der Waals surface area contributed by atoms with Crippen LogP contribution in [0, 0.1) is 0 Å². The van der Waals surface area contributed by atoms with E-state index in [1.807, 2.05) is 0 Å². The van der Waals surface area contributed by atoms with E-state index in [0.29, 0.717) is 18.9 Å². The summed E-state index contributed by atoms with van der Waals surface area (Å²) in [5.41, 5.74) is 0.553. The second-order valence-electron chi connectivity index (χ2n) is 5.82. The van der Waals surface area contributed by atoms with E-state index in [1.165, 1.54) is 17.0 Å². The van der Waals surface area contributed by atoms with E-state index in [1.54, 1.807) is 31.4 Å². The van der Waals surface area contributed by atoms with Crippen LogP contribution in [0.15, 0.2) is 41.5 Å². The van der Waals surface area contributed by atoms with Gasteiger partial charge >= 0.3 is 0 Å². The molecule has 1 heterocycles. The van der Waals surface area contributed by atoms with Crippen molar-refractivity contribution in [2.45, 2.75) is 32.7 Å². The van der Waals surface area contributed by atoms with Crippen LogP contribution in [0.3, 0.4) is 0 Å². The molecule has 1 aromatic carbocycles. The Morgan fingerprint density at radius 2 is 1.96 bits per heavy atom. The third-order valence-electron chi connectivity index (χ3n) is 3.79. The van der Waals surface area contributed by atoms with E-state index >= 15 is 0 Å². The number of hydrogen-bond donors (Lipinski definition) is 1. The molecule has 1 amide bonds. The number of benzene rings is 1. The maximum atomic E-state index is 12.0. The van der Waals surface area contributed by atoms with Crippen molar-refractivity contribution in [2.24, 2.45) is 0 Å². The number of aryl methyl sites for hydroxylation is 1. The third-order valence-corrected chi connectivity index (χ3v) is 3.79. The summed E-state index contributed by atoms with van der Waals surface area (Å²) in [4.78, 5) is 28.2. The molecule has 0 aliphatic heterocycles. The van der Waals surface area contributed by atoms with Crippen molar-refractivity contribution in [3.63, 3.8) is 0 Å². The lowest BCUT2D eigenvalue weighted by atomic mass is 10.2. The van der Waals surface area contributed by atoms with Gasteiger partial charge in [-0.1, -0.05) is 13.3 Å². The molecule has 0 spiro atoms. The summed E-state index contributed by atoms with van der Waals surface area (Å²) in [6.45, 7) is 2.72. The number of hydrogen-bond acceptors (Lipinski definition) is 5. The van der Waals surface area contributed by atoms with Crippen LogP contribution in [0.5, 0.6) is 11.5 Å². The van der Waals surface area contributed by atoms with Gasteiger partial charge in [-0.05, 0) is 37.1 Å². The highest BCUT2D eigenvalue weighted by Gasteiger charge is 2.06. The molecule has 0 fully saturated rings. The average molecular weight is 359 g/mol. The maximum Gasteiger partial charge on any atom is 0.253 e. The highest BCUT2D eigenvalue weighted by Crippen LogP contribution is 2.16. The molecule has 0 saturated carbocycles. The molecule has 1 N–H and O–H groups in total. The Morgan fingerprint density at radius 3 is 2.62 bits per heavy atom. The van der Waals surface area contributed by atoms with E-state index in [4.69, 9.17) is 9.47 Å². The number of amides is 1. The summed E-state index contributed by atoms with van der Waals surface area (Å²) in [6, 6.07) is 8.70. The maximum absolute atomic E-state index is 12.0. The van der Waals surface area contributed by atoms with Gasteiger partial charge in [0.05, 0.1) is 20.0 Å². The van der Waals surface area contributed by atoms with Gasteiger partial charge in [0, 0.05) is 11.8 Å². The predicted molar refractivity (Wildman–Crippen MR) is 98.6 cm³/mol. The molecule has 1 aromatic heterocycles. The Balaban J connectivity index is 1.73.